The molecule has 1 aromatic rings. The summed E-state index contributed by atoms with van der Waals surface area (Å²) in [5.41, 5.74) is 5.71. The lowest BCUT2D eigenvalue weighted by atomic mass is 10.2. The highest BCUT2D eigenvalue weighted by Gasteiger charge is 1.98. The third kappa shape index (κ3) is 6.70. The number of nitrogens with one attached hydrogen (secondary N) is 1. The largest absolute Gasteiger partial charge is 0.370 e. The third-order valence-corrected chi connectivity index (χ3v) is 3.40. The molecular weight excluding hydrogens is 401 g/mol. The van der Waals surface area contributed by atoms with Gasteiger partial charge in [0.2, 0.25) is 0 Å². The van der Waals surface area contributed by atoms with Crippen LogP contribution in [0.4, 0.5) is 0 Å². The van der Waals surface area contributed by atoms with Crippen LogP contribution in [0, 0.1) is 5.92 Å². The zero-order valence-corrected chi connectivity index (χ0v) is 14.1. The van der Waals surface area contributed by atoms with Crippen molar-refractivity contribution in [2.45, 2.75) is 20.4 Å². The van der Waals surface area contributed by atoms with Crippen LogP contribution in [0.5, 0.6) is 0 Å². The van der Waals surface area contributed by atoms with Gasteiger partial charge in [0.05, 0.1) is 6.54 Å². The monoisotopic (exact) mass is 417 g/mol. The molecule has 0 aromatic carbocycles. The van der Waals surface area contributed by atoms with Crippen LogP contribution in [0.15, 0.2) is 20.9 Å². The molecule has 92 valence electrons. The van der Waals surface area contributed by atoms with Crippen LogP contribution in [0.2, 0.25) is 0 Å². The highest BCUT2D eigenvalue weighted by Crippen LogP contribution is 2.20. The molecule has 3 nitrogen and oxygen atoms in total. The van der Waals surface area contributed by atoms with Crippen molar-refractivity contribution in [1.82, 2.24) is 5.32 Å². The molecule has 0 radical (unpaired) electrons. The summed E-state index contributed by atoms with van der Waals surface area (Å²) in [6, 6.07) is 2.06. The fourth-order valence-corrected chi connectivity index (χ4v) is 2.34. The molecule has 6 heteroatoms. The Balaban J connectivity index is 0.00000225. The topological polar surface area (TPSA) is 50.4 Å². The predicted octanol–water partition coefficient (Wildman–Crippen LogP) is 3.19. The molecule has 0 aliphatic carbocycles. The second kappa shape index (κ2) is 8.30. The Bertz CT molecular complexity index is 339. The van der Waals surface area contributed by atoms with Crippen molar-refractivity contribution >= 4 is 57.2 Å². The van der Waals surface area contributed by atoms with Gasteiger partial charge in [0.15, 0.2) is 5.96 Å². The SMILES string of the molecule is CC(C)CNC(N)=NCc1cc(Br)cs1.I. The van der Waals surface area contributed by atoms with Gasteiger partial charge in [0.1, 0.15) is 0 Å². The van der Waals surface area contributed by atoms with Crippen molar-refractivity contribution in [1.29, 1.82) is 0 Å². The third-order valence-electron chi connectivity index (χ3n) is 1.72. The average molecular weight is 418 g/mol. The second-order valence-corrected chi connectivity index (χ2v) is 5.62. The van der Waals surface area contributed by atoms with Crippen molar-refractivity contribution in [3.63, 3.8) is 0 Å². The number of nitrogens with two attached hydrogens (primary N) is 1. The van der Waals surface area contributed by atoms with Gasteiger partial charge >= 0.3 is 0 Å². The summed E-state index contributed by atoms with van der Waals surface area (Å²) in [4.78, 5) is 5.46. The molecular formula is C10H17BrIN3S. The number of thiophene rings is 1. The number of rotatable bonds is 4. The highest BCUT2D eigenvalue weighted by molar-refractivity contribution is 14.0. The van der Waals surface area contributed by atoms with Gasteiger partial charge in [-0.15, -0.1) is 35.3 Å². The minimum Gasteiger partial charge on any atom is -0.370 e. The summed E-state index contributed by atoms with van der Waals surface area (Å²) in [6.07, 6.45) is 0. The molecule has 0 saturated carbocycles. The van der Waals surface area contributed by atoms with E-state index in [4.69, 9.17) is 5.73 Å². The van der Waals surface area contributed by atoms with Crippen molar-refractivity contribution in [2.75, 3.05) is 6.54 Å². The van der Waals surface area contributed by atoms with Gasteiger partial charge in [-0.1, -0.05) is 13.8 Å². The number of hydrogen-bond donors (Lipinski definition) is 2. The Morgan fingerprint density at radius 3 is 2.81 bits per heavy atom. The maximum absolute atomic E-state index is 5.71. The second-order valence-electron chi connectivity index (χ2n) is 3.71. The zero-order chi connectivity index (χ0) is 11.3. The zero-order valence-electron chi connectivity index (χ0n) is 9.37. The molecule has 3 N–H and O–H groups in total. The molecule has 0 saturated heterocycles. The quantitative estimate of drug-likeness (QED) is 0.449. The van der Waals surface area contributed by atoms with Gasteiger partial charge in [-0.25, -0.2) is 4.99 Å². The molecule has 0 fully saturated rings. The van der Waals surface area contributed by atoms with Crippen LogP contribution in [-0.4, -0.2) is 12.5 Å². The number of nitrogens with zero attached hydrogens (tertiary/aromatic N) is 1. The molecule has 0 bridgehead atoms. The van der Waals surface area contributed by atoms with E-state index in [0.29, 0.717) is 18.4 Å². The minimum atomic E-state index is 0. The number of hydrogen-bond acceptors (Lipinski definition) is 2. The van der Waals surface area contributed by atoms with Crippen LogP contribution in [0.1, 0.15) is 18.7 Å². The summed E-state index contributed by atoms with van der Waals surface area (Å²) in [7, 11) is 0. The maximum Gasteiger partial charge on any atom is 0.188 e. The van der Waals surface area contributed by atoms with E-state index >= 15 is 0 Å². The summed E-state index contributed by atoms with van der Waals surface area (Å²) < 4.78 is 1.10. The predicted molar refractivity (Wildman–Crippen MR) is 85.6 cm³/mol. The first-order chi connectivity index (χ1) is 7.08. The molecule has 0 atom stereocenters. The van der Waals surface area contributed by atoms with Gasteiger partial charge in [-0.3, -0.25) is 0 Å². The van der Waals surface area contributed by atoms with Crippen LogP contribution < -0.4 is 11.1 Å². The Morgan fingerprint density at radius 2 is 2.31 bits per heavy atom. The molecule has 0 aliphatic heterocycles. The van der Waals surface area contributed by atoms with E-state index in [1.807, 2.05) is 5.38 Å². The first-order valence-corrected chi connectivity index (χ1v) is 6.52. The first kappa shape index (κ1) is 16.2. The lowest BCUT2D eigenvalue weighted by molar-refractivity contribution is 0.622. The van der Waals surface area contributed by atoms with E-state index in [1.165, 1.54) is 4.88 Å². The number of guanidine groups is 1. The Labute approximate surface area is 126 Å². The lowest BCUT2D eigenvalue weighted by Gasteiger charge is -2.07. The fourth-order valence-electron chi connectivity index (χ4n) is 0.964. The smallest absolute Gasteiger partial charge is 0.188 e. The van der Waals surface area contributed by atoms with E-state index in [-0.39, 0.29) is 24.0 Å². The number of halogens is 2. The van der Waals surface area contributed by atoms with Crippen LogP contribution in [-0.2, 0) is 6.54 Å². The van der Waals surface area contributed by atoms with Crippen LogP contribution >= 0.6 is 51.2 Å². The van der Waals surface area contributed by atoms with Gasteiger partial charge in [0, 0.05) is 21.3 Å². The van der Waals surface area contributed by atoms with Crippen LogP contribution in [0.3, 0.4) is 0 Å². The van der Waals surface area contributed by atoms with Gasteiger partial charge in [-0.05, 0) is 27.9 Å². The van der Waals surface area contributed by atoms with Gasteiger partial charge < -0.3 is 11.1 Å². The summed E-state index contributed by atoms with van der Waals surface area (Å²) in [5.74, 6) is 1.10. The Morgan fingerprint density at radius 1 is 1.62 bits per heavy atom. The lowest BCUT2D eigenvalue weighted by Crippen LogP contribution is -2.34. The molecule has 0 amide bonds. The Hall–Kier alpha value is 0.180. The number of aliphatic imine (C=N–C) groups is 1. The molecule has 0 unspecified atom stereocenters. The van der Waals surface area contributed by atoms with Crippen molar-refractivity contribution in [3.05, 3.63) is 20.8 Å². The first-order valence-electron chi connectivity index (χ1n) is 4.84. The van der Waals surface area contributed by atoms with Crippen molar-refractivity contribution in [3.8, 4) is 0 Å². The fraction of sp³-hybridized carbons (Fsp3) is 0.500. The minimum absolute atomic E-state index is 0. The normalized spacial score (nSPS) is 11.4. The van der Waals surface area contributed by atoms with Gasteiger partial charge in [-0.2, -0.15) is 0 Å². The van der Waals surface area contributed by atoms with E-state index in [1.54, 1.807) is 11.3 Å². The maximum atomic E-state index is 5.71. The molecule has 16 heavy (non-hydrogen) atoms. The van der Waals surface area contributed by atoms with E-state index < -0.39 is 0 Å². The molecule has 1 rings (SSSR count). The molecule has 1 aromatic heterocycles. The highest BCUT2D eigenvalue weighted by atomic mass is 127. The van der Waals surface area contributed by atoms with Crippen molar-refractivity contribution in [2.24, 2.45) is 16.6 Å². The van der Waals surface area contributed by atoms with Crippen LogP contribution in [0.25, 0.3) is 0 Å². The summed E-state index contributed by atoms with van der Waals surface area (Å²) >= 11 is 5.08. The molecule has 0 spiro atoms. The van der Waals surface area contributed by atoms with E-state index in [0.717, 1.165) is 11.0 Å². The molecule has 1 heterocycles. The van der Waals surface area contributed by atoms with Crippen molar-refractivity contribution < 1.29 is 0 Å². The Kier molecular flexibility index (Phi) is 8.39. The average Bonchev–Trinajstić information content (AvgIpc) is 2.58. The summed E-state index contributed by atoms with van der Waals surface area (Å²) in [5, 5.41) is 5.12. The molecule has 0 aliphatic rings. The van der Waals surface area contributed by atoms with E-state index in [2.05, 4.69) is 46.2 Å². The van der Waals surface area contributed by atoms with Gasteiger partial charge in [0.25, 0.3) is 0 Å². The standard InChI is InChI=1S/C10H16BrN3S.HI/c1-7(2)4-13-10(12)14-5-9-3-8(11)6-15-9;/h3,6-7H,4-5H2,1-2H3,(H3,12,13,14);1H. The summed E-state index contributed by atoms with van der Waals surface area (Å²) in [6.45, 7) is 5.78. The van der Waals surface area contributed by atoms with E-state index in [9.17, 15) is 0 Å².